The average Bonchev–Trinajstić information content (AvgIpc) is 2.29. The van der Waals surface area contributed by atoms with Crippen LogP contribution in [-0.2, 0) is 14.3 Å². The van der Waals surface area contributed by atoms with Crippen LogP contribution in [0.4, 0.5) is 0 Å². The van der Waals surface area contributed by atoms with Gasteiger partial charge in [0.05, 0.1) is 6.61 Å². The largest absolute Gasteiger partial charge is 0.465 e. The number of hydrogen-bond donors (Lipinski definition) is 0. The van der Waals surface area contributed by atoms with Crippen molar-refractivity contribution >= 4 is 33.5 Å². The van der Waals surface area contributed by atoms with Gasteiger partial charge in [-0.15, -0.1) is 0 Å². The lowest BCUT2D eigenvalue weighted by atomic mass is 9.94. The fourth-order valence-electron chi connectivity index (χ4n) is 1.50. The van der Waals surface area contributed by atoms with E-state index in [0.717, 1.165) is 0 Å². The third-order valence-electron chi connectivity index (χ3n) is 2.33. The molecule has 0 bridgehead atoms. The lowest BCUT2D eigenvalue weighted by Crippen LogP contribution is -2.32. The molecule has 1 rings (SSSR count). The Morgan fingerprint density at radius 1 is 1.28 bits per heavy atom. The summed E-state index contributed by atoms with van der Waals surface area (Å²) in [5, 5.41) is 0. The smallest absolute Gasteiger partial charge is 0.324 e. The summed E-state index contributed by atoms with van der Waals surface area (Å²) in [4.78, 5) is 35.3. The molecule has 0 spiro atoms. The van der Waals surface area contributed by atoms with Gasteiger partial charge in [-0.1, -0.05) is 34.1 Å². The van der Waals surface area contributed by atoms with Crippen LogP contribution >= 0.6 is 15.9 Å². The van der Waals surface area contributed by atoms with Crippen LogP contribution in [0.2, 0.25) is 0 Å². The second kappa shape index (κ2) is 6.44. The number of carbonyl (C=O) groups is 3. The first-order chi connectivity index (χ1) is 8.49. The van der Waals surface area contributed by atoms with Crippen LogP contribution in [-0.4, -0.2) is 24.1 Å². The molecular weight excluding hydrogens is 300 g/mol. The van der Waals surface area contributed by atoms with Crippen LogP contribution in [0, 0.1) is 5.92 Å². The van der Waals surface area contributed by atoms with Crippen molar-refractivity contribution in [3.8, 4) is 0 Å². The summed E-state index contributed by atoms with van der Waals surface area (Å²) in [6.07, 6.45) is 0. The average molecular weight is 313 g/mol. The van der Waals surface area contributed by atoms with Gasteiger partial charge in [-0.25, -0.2) is 0 Å². The predicted octanol–water partition coefficient (Wildman–Crippen LogP) is 2.40. The minimum atomic E-state index is -1.39. The lowest BCUT2D eigenvalue weighted by molar-refractivity contribution is -0.148. The summed E-state index contributed by atoms with van der Waals surface area (Å²) >= 11 is 3.22. The molecule has 0 amide bonds. The molecule has 4 nitrogen and oxygen atoms in total. The van der Waals surface area contributed by atoms with Gasteiger partial charge in [-0.05, 0) is 19.9 Å². The van der Waals surface area contributed by atoms with Crippen molar-refractivity contribution in [1.82, 2.24) is 0 Å². The summed E-state index contributed by atoms with van der Waals surface area (Å²) in [7, 11) is 0. The van der Waals surface area contributed by atoms with E-state index in [4.69, 9.17) is 4.74 Å². The Morgan fingerprint density at radius 2 is 1.89 bits per heavy atom. The minimum Gasteiger partial charge on any atom is -0.465 e. The van der Waals surface area contributed by atoms with Gasteiger partial charge in [0.2, 0.25) is 0 Å². The maximum atomic E-state index is 12.2. The van der Waals surface area contributed by atoms with Gasteiger partial charge in [0.15, 0.2) is 17.5 Å². The summed E-state index contributed by atoms with van der Waals surface area (Å²) in [6.45, 7) is 2.96. The van der Waals surface area contributed by atoms with E-state index in [1.165, 1.54) is 6.92 Å². The van der Waals surface area contributed by atoms with Crippen LogP contribution in [0.1, 0.15) is 24.2 Å². The van der Waals surface area contributed by atoms with Gasteiger partial charge in [-0.3, -0.25) is 14.4 Å². The molecule has 0 radical (unpaired) electrons. The molecule has 1 atom stereocenters. The second-order valence-corrected chi connectivity index (χ2v) is 4.49. The van der Waals surface area contributed by atoms with Crippen molar-refractivity contribution in [1.29, 1.82) is 0 Å². The van der Waals surface area contributed by atoms with E-state index in [-0.39, 0.29) is 6.61 Å². The Morgan fingerprint density at radius 3 is 2.39 bits per heavy atom. The molecular formula is C13H13BrO4. The van der Waals surface area contributed by atoms with Crippen molar-refractivity contribution < 1.29 is 19.1 Å². The number of halogens is 1. The molecule has 1 aromatic carbocycles. The first-order valence-electron chi connectivity index (χ1n) is 5.44. The van der Waals surface area contributed by atoms with E-state index < -0.39 is 23.5 Å². The molecule has 0 N–H and O–H groups in total. The standard InChI is InChI=1S/C13H13BrO4/c1-3-18-13(17)11(8(2)15)12(16)9-6-4-5-7-10(9)14/h4-7,11H,3H2,1-2H3. The lowest BCUT2D eigenvalue weighted by Gasteiger charge is -2.12. The van der Waals surface area contributed by atoms with Gasteiger partial charge in [-0.2, -0.15) is 0 Å². The van der Waals surface area contributed by atoms with E-state index in [1.807, 2.05) is 0 Å². The number of ether oxygens (including phenoxy) is 1. The zero-order valence-corrected chi connectivity index (χ0v) is 11.7. The molecule has 18 heavy (non-hydrogen) atoms. The topological polar surface area (TPSA) is 60.4 Å². The quantitative estimate of drug-likeness (QED) is 0.476. The molecule has 96 valence electrons. The Bertz CT molecular complexity index is 482. The third-order valence-corrected chi connectivity index (χ3v) is 3.02. The maximum Gasteiger partial charge on any atom is 0.324 e. The molecule has 5 heteroatoms. The number of hydrogen-bond acceptors (Lipinski definition) is 4. The SMILES string of the molecule is CCOC(=O)C(C(C)=O)C(=O)c1ccccc1Br. The van der Waals surface area contributed by atoms with Gasteiger partial charge in [0.25, 0.3) is 0 Å². The number of Topliss-reactive ketones (excluding diaryl/α,β-unsaturated/α-hetero) is 2. The number of carbonyl (C=O) groups excluding carboxylic acids is 3. The molecule has 0 aliphatic rings. The molecule has 0 fully saturated rings. The summed E-state index contributed by atoms with van der Waals surface area (Å²) in [5.74, 6) is -3.25. The van der Waals surface area contributed by atoms with Gasteiger partial charge >= 0.3 is 5.97 Å². The van der Waals surface area contributed by atoms with E-state index in [0.29, 0.717) is 10.0 Å². The van der Waals surface area contributed by atoms with E-state index in [1.54, 1.807) is 31.2 Å². The van der Waals surface area contributed by atoms with Crippen LogP contribution in [0.15, 0.2) is 28.7 Å². The van der Waals surface area contributed by atoms with E-state index in [2.05, 4.69) is 15.9 Å². The molecule has 0 saturated carbocycles. The van der Waals surface area contributed by atoms with Crippen molar-refractivity contribution in [2.24, 2.45) is 5.92 Å². The Labute approximate surface area is 113 Å². The summed E-state index contributed by atoms with van der Waals surface area (Å²) < 4.78 is 5.30. The highest BCUT2D eigenvalue weighted by Crippen LogP contribution is 2.20. The van der Waals surface area contributed by atoms with Crippen LogP contribution in [0.3, 0.4) is 0 Å². The highest BCUT2D eigenvalue weighted by molar-refractivity contribution is 9.10. The highest BCUT2D eigenvalue weighted by Gasteiger charge is 2.33. The van der Waals surface area contributed by atoms with Crippen LogP contribution < -0.4 is 0 Å². The van der Waals surface area contributed by atoms with E-state index in [9.17, 15) is 14.4 Å². The van der Waals surface area contributed by atoms with Crippen molar-refractivity contribution in [3.63, 3.8) is 0 Å². The molecule has 0 aromatic heterocycles. The monoisotopic (exact) mass is 312 g/mol. The van der Waals surface area contributed by atoms with Gasteiger partial charge in [0, 0.05) is 10.0 Å². The summed E-state index contributed by atoms with van der Waals surface area (Å²) in [5.41, 5.74) is 0.297. The minimum absolute atomic E-state index is 0.131. The Kier molecular flexibility index (Phi) is 5.22. The fourth-order valence-corrected chi connectivity index (χ4v) is 1.98. The van der Waals surface area contributed by atoms with Crippen LogP contribution in [0.5, 0.6) is 0 Å². The zero-order chi connectivity index (χ0) is 13.7. The van der Waals surface area contributed by atoms with Gasteiger partial charge in [0.1, 0.15) is 0 Å². The third kappa shape index (κ3) is 3.26. The molecule has 1 unspecified atom stereocenters. The van der Waals surface area contributed by atoms with Crippen molar-refractivity contribution in [3.05, 3.63) is 34.3 Å². The molecule has 0 aliphatic heterocycles. The predicted molar refractivity (Wildman–Crippen MR) is 69.3 cm³/mol. The normalized spacial score (nSPS) is 11.7. The summed E-state index contributed by atoms with van der Waals surface area (Å²) in [6, 6.07) is 6.64. The first-order valence-corrected chi connectivity index (χ1v) is 6.24. The number of benzene rings is 1. The number of esters is 1. The second-order valence-electron chi connectivity index (χ2n) is 3.64. The van der Waals surface area contributed by atoms with Crippen molar-refractivity contribution in [2.45, 2.75) is 13.8 Å². The Hall–Kier alpha value is -1.49. The van der Waals surface area contributed by atoms with Crippen molar-refractivity contribution in [2.75, 3.05) is 6.61 Å². The maximum absolute atomic E-state index is 12.2. The fraction of sp³-hybridized carbons (Fsp3) is 0.308. The number of rotatable bonds is 5. The first kappa shape index (κ1) is 14.6. The number of ketones is 2. The molecule has 0 heterocycles. The van der Waals surface area contributed by atoms with Crippen LogP contribution in [0.25, 0.3) is 0 Å². The van der Waals surface area contributed by atoms with Gasteiger partial charge < -0.3 is 4.74 Å². The highest BCUT2D eigenvalue weighted by atomic mass is 79.9. The molecule has 0 saturated heterocycles. The molecule has 0 aliphatic carbocycles. The Balaban J connectivity index is 3.08. The zero-order valence-electron chi connectivity index (χ0n) is 10.1. The van der Waals surface area contributed by atoms with E-state index >= 15 is 0 Å². The molecule has 1 aromatic rings.